The minimum Gasteiger partial charge on any atom is -0.312 e. The Hall–Kier alpha value is -2.03. The van der Waals surface area contributed by atoms with Gasteiger partial charge in [-0.2, -0.15) is 0 Å². The fraction of sp³-hybridized carbons (Fsp3) is 0.286. The molecule has 0 aromatic heterocycles. The van der Waals surface area contributed by atoms with Crippen molar-refractivity contribution in [2.45, 2.75) is 0 Å². The third kappa shape index (κ3) is 2.73. The summed E-state index contributed by atoms with van der Waals surface area (Å²) in [5.41, 5.74) is -0.566. The van der Waals surface area contributed by atoms with Crippen LogP contribution in [0.25, 0.3) is 0 Å². The van der Waals surface area contributed by atoms with E-state index >= 15 is 0 Å². The molecule has 0 bridgehead atoms. The number of carbonyl (C=O) groups is 3. The summed E-state index contributed by atoms with van der Waals surface area (Å²) < 4.78 is 0. The summed E-state index contributed by atoms with van der Waals surface area (Å²) in [5, 5.41) is 7.30. The Labute approximate surface area is 95.6 Å². The monoisotopic (exact) mass is 244 g/mol. The summed E-state index contributed by atoms with van der Waals surface area (Å²) in [6.45, 7) is 0. The number of hydrogen-bond acceptors (Lipinski definition) is 6. The zero-order valence-corrected chi connectivity index (χ0v) is 9.25. The van der Waals surface area contributed by atoms with Crippen LogP contribution in [0.4, 0.5) is 4.79 Å². The molecule has 16 heavy (non-hydrogen) atoms. The first kappa shape index (κ1) is 12.0. The van der Waals surface area contributed by atoms with Crippen LogP contribution >= 0.6 is 12.2 Å². The normalized spacial score (nSPS) is 15.1. The molecule has 0 spiro atoms. The molecule has 1 aliphatic heterocycles. The number of rotatable bonds is 1. The summed E-state index contributed by atoms with van der Waals surface area (Å²) in [5.74, 6) is -1.64. The Bertz CT molecular complexity index is 381. The first-order valence-corrected chi connectivity index (χ1v) is 4.45. The Kier molecular flexibility index (Phi) is 3.51. The fourth-order valence-electron chi connectivity index (χ4n) is 0.708. The van der Waals surface area contributed by atoms with Crippen LogP contribution in [0.1, 0.15) is 0 Å². The molecular weight excluding hydrogens is 236 g/mol. The van der Waals surface area contributed by atoms with E-state index in [0.717, 1.165) is 4.90 Å². The smallest absolute Gasteiger partial charge is 0.312 e. The van der Waals surface area contributed by atoms with Crippen LogP contribution in [0.3, 0.4) is 0 Å². The third-order valence-corrected chi connectivity index (χ3v) is 1.67. The third-order valence-electron chi connectivity index (χ3n) is 1.46. The summed E-state index contributed by atoms with van der Waals surface area (Å²) in [6, 6.07) is 0. The highest BCUT2D eigenvalue weighted by Crippen LogP contribution is 1.93. The molecule has 2 N–H and O–H groups in total. The van der Waals surface area contributed by atoms with E-state index in [9.17, 15) is 14.4 Å². The van der Waals surface area contributed by atoms with Gasteiger partial charge in [0.05, 0.1) is 0 Å². The van der Waals surface area contributed by atoms with Gasteiger partial charge in [-0.3, -0.25) is 25.1 Å². The number of nitrogens with zero attached hydrogens (tertiary/aromatic N) is 2. The molecule has 1 aliphatic rings. The van der Waals surface area contributed by atoms with Gasteiger partial charge in [0.15, 0.2) is 5.11 Å². The highest BCUT2D eigenvalue weighted by molar-refractivity contribution is 7.80. The minimum absolute atomic E-state index is 0.118. The Morgan fingerprint density at radius 2 is 1.81 bits per heavy atom. The van der Waals surface area contributed by atoms with Crippen LogP contribution in [0, 0.1) is 0 Å². The van der Waals surface area contributed by atoms with Crippen molar-refractivity contribution in [3.63, 3.8) is 0 Å². The molecule has 0 unspecified atom stereocenters. The maximum absolute atomic E-state index is 11.2. The van der Waals surface area contributed by atoms with Gasteiger partial charge in [0.2, 0.25) is 5.71 Å². The van der Waals surface area contributed by atoms with E-state index in [4.69, 9.17) is 0 Å². The molecule has 0 saturated carbocycles. The van der Waals surface area contributed by atoms with Crippen molar-refractivity contribution < 1.29 is 19.2 Å². The lowest BCUT2D eigenvalue weighted by Gasteiger charge is -2.14. The van der Waals surface area contributed by atoms with Gasteiger partial charge in [-0.25, -0.2) is 4.79 Å². The molecular formula is C7H8N4O4S. The minimum atomic E-state index is -0.819. The summed E-state index contributed by atoms with van der Waals surface area (Å²) in [7, 11) is 2.86. The van der Waals surface area contributed by atoms with E-state index in [1.54, 1.807) is 0 Å². The second-order valence-electron chi connectivity index (χ2n) is 2.93. The van der Waals surface area contributed by atoms with Crippen LogP contribution in [-0.4, -0.2) is 47.7 Å². The molecule has 1 fully saturated rings. The molecule has 1 heterocycles. The summed E-state index contributed by atoms with van der Waals surface area (Å²) in [4.78, 5) is 38.8. The molecule has 86 valence electrons. The van der Waals surface area contributed by atoms with Crippen LogP contribution in [-0.2, 0) is 14.4 Å². The van der Waals surface area contributed by atoms with Gasteiger partial charge >= 0.3 is 6.09 Å². The number of thiocarbonyl (C=S) groups is 1. The van der Waals surface area contributed by atoms with Gasteiger partial charge in [-0.05, 0) is 12.2 Å². The Balaban J connectivity index is 2.75. The standard InChI is InChI=1S/C7H8N4O4S/c1-11(2)7(14)15-10-3-4(12)8-6(16)9-5(3)13/h1-2H3,(H2,8,9,12,13,16). The lowest BCUT2D eigenvalue weighted by atomic mass is 10.3. The van der Waals surface area contributed by atoms with Crippen molar-refractivity contribution in [2.75, 3.05) is 14.1 Å². The molecule has 0 radical (unpaired) electrons. The molecule has 1 rings (SSSR count). The number of amides is 3. The van der Waals surface area contributed by atoms with Crippen molar-refractivity contribution in [1.82, 2.24) is 15.5 Å². The SMILES string of the molecule is CN(C)C(=O)ON=C1C(=O)NC(=S)NC1=O. The Morgan fingerprint density at radius 1 is 1.31 bits per heavy atom. The van der Waals surface area contributed by atoms with Crippen molar-refractivity contribution >= 4 is 40.9 Å². The molecule has 0 aliphatic carbocycles. The first-order valence-electron chi connectivity index (χ1n) is 4.04. The molecule has 0 aromatic rings. The molecule has 3 amide bonds. The van der Waals surface area contributed by atoms with E-state index in [1.165, 1.54) is 14.1 Å². The average molecular weight is 244 g/mol. The number of nitrogens with one attached hydrogen (secondary N) is 2. The van der Waals surface area contributed by atoms with E-state index in [2.05, 4.69) is 32.8 Å². The van der Waals surface area contributed by atoms with Gasteiger partial charge < -0.3 is 4.90 Å². The maximum Gasteiger partial charge on any atom is 0.435 e. The lowest BCUT2D eigenvalue weighted by Crippen LogP contribution is -2.56. The zero-order valence-electron chi connectivity index (χ0n) is 8.44. The first-order chi connectivity index (χ1) is 7.41. The molecule has 1 saturated heterocycles. The second kappa shape index (κ2) is 4.66. The van der Waals surface area contributed by atoms with E-state index < -0.39 is 23.6 Å². The van der Waals surface area contributed by atoms with E-state index in [0.29, 0.717) is 0 Å². The maximum atomic E-state index is 11.2. The van der Waals surface area contributed by atoms with Crippen LogP contribution in [0.2, 0.25) is 0 Å². The van der Waals surface area contributed by atoms with Crippen molar-refractivity contribution in [3.05, 3.63) is 0 Å². The highest BCUT2D eigenvalue weighted by Gasteiger charge is 2.29. The quantitative estimate of drug-likeness (QED) is 0.335. The molecule has 0 aromatic carbocycles. The van der Waals surface area contributed by atoms with Crippen LogP contribution in [0.5, 0.6) is 0 Å². The van der Waals surface area contributed by atoms with Crippen molar-refractivity contribution in [3.8, 4) is 0 Å². The zero-order chi connectivity index (χ0) is 12.3. The number of hydrogen-bond donors (Lipinski definition) is 2. The van der Waals surface area contributed by atoms with Gasteiger partial charge in [0.1, 0.15) is 0 Å². The summed E-state index contributed by atoms with van der Waals surface area (Å²) in [6.07, 6.45) is -0.804. The largest absolute Gasteiger partial charge is 0.435 e. The van der Waals surface area contributed by atoms with E-state index in [1.807, 2.05) is 0 Å². The fourth-order valence-corrected chi connectivity index (χ4v) is 0.894. The lowest BCUT2D eigenvalue weighted by molar-refractivity contribution is -0.118. The second-order valence-corrected chi connectivity index (χ2v) is 3.34. The predicted octanol–water partition coefficient (Wildman–Crippen LogP) is -1.43. The van der Waals surface area contributed by atoms with Gasteiger partial charge in [-0.15, -0.1) is 0 Å². The van der Waals surface area contributed by atoms with Crippen LogP contribution < -0.4 is 10.6 Å². The van der Waals surface area contributed by atoms with Gasteiger partial charge in [0.25, 0.3) is 11.8 Å². The average Bonchev–Trinajstić information content (AvgIpc) is 2.15. The topological polar surface area (TPSA) is 100 Å². The summed E-state index contributed by atoms with van der Waals surface area (Å²) >= 11 is 4.56. The van der Waals surface area contributed by atoms with Crippen LogP contribution in [0.15, 0.2) is 5.16 Å². The van der Waals surface area contributed by atoms with E-state index in [-0.39, 0.29) is 5.11 Å². The van der Waals surface area contributed by atoms with Gasteiger partial charge in [-0.1, -0.05) is 5.16 Å². The molecule has 9 heteroatoms. The number of carbonyl (C=O) groups excluding carboxylic acids is 3. The van der Waals surface area contributed by atoms with Crippen molar-refractivity contribution in [1.29, 1.82) is 0 Å². The Morgan fingerprint density at radius 3 is 2.25 bits per heavy atom. The highest BCUT2D eigenvalue weighted by atomic mass is 32.1. The van der Waals surface area contributed by atoms with Gasteiger partial charge in [0, 0.05) is 14.1 Å². The number of oxime groups is 1. The predicted molar refractivity (Wildman–Crippen MR) is 56.5 cm³/mol. The molecule has 8 nitrogen and oxygen atoms in total. The van der Waals surface area contributed by atoms with Crippen molar-refractivity contribution in [2.24, 2.45) is 5.16 Å². The molecule has 0 atom stereocenters.